The molecule has 1 aromatic rings. The van der Waals surface area contributed by atoms with Crippen LogP contribution < -0.4 is 5.32 Å². The number of hydrogen-bond acceptors (Lipinski definition) is 3. The monoisotopic (exact) mass is 217 g/mol. The highest BCUT2D eigenvalue weighted by Crippen LogP contribution is 2.19. The summed E-state index contributed by atoms with van der Waals surface area (Å²) >= 11 is 0. The number of rotatable bonds is 3. The molecule has 0 amide bonds. The third-order valence-electron chi connectivity index (χ3n) is 2.16. The van der Waals surface area contributed by atoms with Crippen molar-refractivity contribution in [2.75, 3.05) is 7.05 Å². The molecule has 0 aromatic heterocycles. The number of phenolic OH excluding ortho intramolecular Hbond substituents is 1. The minimum atomic E-state index is -0.536. The van der Waals surface area contributed by atoms with E-state index in [0.29, 0.717) is 0 Å². The molecule has 2 atom stereocenters. The SMILES string of the molecule is CNC(C)C(O)c1ccc(O)cc1.Cl. The van der Waals surface area contributed by atoms with Crippen LogP contribution in [0.15, 0.2) is 24.3 Å². The third kappa shape index (κ3) is 3.18. The largest absolute Gasteiger partial charge is 0.508 e. The molecule has 0 saturated carbocycles. The first kappa shape index (κ1) is 13.2. The van der Waals surface area contributed by atoms with Crippen molar-refractivity contribution >= 4 is 12.4 Å². The lowest BCUT2D eigenvalue weighted by molar-refractivity contribution is 0.140. The Bertz CT molecular complexity index is 263. The lowest BCUT2D eigenvalue weighted by Crippen LogP contribution is -2.28. The Morgan fingerprint density at radius 3 is 2.14 bits per heavy atom. The average molecular weight is 218 g/mol. The first-order chi connectivity index (χ1) is 6.15. The van der Waals surface area contributed by atoms with Crippen LogP contribution in [0.25, 0.3) is 0 Å². The maximum atomic E-state index is 9.74. The molecule has 4 heteroatoms. The summed E-state index contributed by atoms with van der Waals surface area (Å²) in [6.45, 7) is 1.90. The second-order valence-corrected chi connectivity index (χ2v) is 3.11. The zero-order chi connectivity index (χ0) is 9.84. The molecular formula is C10H16ClNO2. The van der Waals surface area contributed by atoms with Crippen LogP contribution in [0.4, 0.5) is 0 Å². The van der Waals surface area contributed by atoms with Gasteiger partial charge in [0, 0.05) is 6.04 Å². The second kappa shape index (κ2) is 5.86. The van der Waals surface area contributed by atoms with Gasteiger partial charge in [0.25, 0.3) is 0 Å². The van der Waals surface area contributed by atoms with E-state index in [-0.39, 0.29) is 24.2 Å². The van der Waals surface area contributed by atoms with Gasteiger partial charge in [-0.1, -0.05) is 12.1 Å². The topological polar surface area (TPSA) is 52.5 Å². The number of benzene rings is 1. The highest BCUT2D eigenvalue weighted by Gasteiger charge is 2.13. The molecule has 0 radical (unpaired) electrons. The quantitative estimate of drug-likeness (QED) is 0.719. The van der Waals surface area contributed by atoms with Gasteiger partial charge in [-0.3, -0.25) is 0 Å². The normalized spacial score (nSPS) is 14.2. The van der Waals surface area contributed by atoms with Crippen molar-refractivity contribution in [2.45, 2.75) is 19.1 Å². The second-order valence-electron chi connectivity index (χ2n) is 3.11. The van der Waals surface area contributed by atoms with Crippen LogP contribution in [-0.2, 0) is 0 Å². The number of aliphatic hydroxyl groups is 1. The number of hydrogen-bond donors (Lipinski definition) is 3. The van der Waals surface area contributed by atoms with E-state index in [1.165, 1.54) is 0 Å². The third-order valence-corrected chi connectivity index (χ3v) is 2.16. The summed E-state index contributed by atoms with van der Waals surface area (Å²) in [5.74, 6) is 0.216. The number of aliphatic hydroxyl groups excluding tert-OH is 1. The lowest BCUT2D eigenvalue weighted by atomic mass is 10.0. The summed E-state index contributed by atoms with van der Waals surface area (Å²) in [5.41, 5.74) is 0.805. The molecule has 3 nitrogen and oxygen atoms in total. The Hall–Kier alpha value is -0.770. The molecule has 0 aliphatic carbocycles. The molecule has 2 unspecified atom stereocenters. The molecule has 14 heavy (non-hydrogen) atoms. The average Bonchev–Trinajstić information content (AvgIpc) is 2.17. The Labute approximate surface area is 90.2 Å². The van der Waals surface area contributed by atoms with E-state index in [4.69, 9.17) is 5.11 Å². The Balaban J connectivity index is 0.00000169. The van der Waals surface area contributed by atoms with E-state index in [9.17, 15) is 5.11 Å². The van der Waals surface area contributed by atoms with E-state index in [1.54, 1.807) is 31.3 Å². The molecule has 0 spiro atoms. The Morgan fingerprint density at radius 1 is 1.21 bits per heavy atom. The van der Waals surface area contributed by atoms with Crippen molar-refractivity contribution in [3.05, 3.63) is 29.8 Å². The van der Waals surface area contributed by atoms with E-state index >= 15 is 0 Å². The summed E-state index contributed by atoms with van der Waals surface area (Å²) in [5, 5.41) is 21.7. The van der Waals surface area contributed by atoms with E-state index in [1.807, 2.05) is 6.92 Å². The predicted octanol–water partition coefficient (Wildman–Crippen LogP) is 1.46. The van der Waals surface area contributed by atoms with Crippen LogP contribution in [0.1, 0.15) is 18.6 Å². The number of halogens is 1. The van der Waals surface area contributed by atoms with Crippen LogP contribution >= 0.6 is 12.4 Å². The fourth-order valence-electron chi connectivity index (χ4n) is 1.12. The van der Waals surface area contributed by atoms with E-state index in [2.05, 4.69) is 5.32 Å². The van der Waals surface area contributed by atoms with E-state index < -0.39 is 6.10 Å². The van der Waals surface area contributed by atoms with Crippen molar-refractivity contribution < 1.29 is 10.2 Å². The van der Waals surface area contributed by atoms with Crippen LogP contribution in [0.3, 0.4) is 0 Å². The van der Waals surface area contributed by atoms with Crippen LogP contribution in [0, 0.1) is 0 Å². The Kier molecular flexibility index (Phi) is 5.53. The fourth-order valence-corrected chi connectivity index (χ4v) is 1.12. The minimum Gasteiger partial charge on any atom is -0.508 e. The van der Waals surface area contributed by atoms with Crippen molar-refractivity contribution in [3.8, 4) is 5.75 Å². The zero-order valence-electron chi connectivity index (χ0n) is 8.27. The molecule has 1 rings (SSSR count). The van der Waals surface area contributed by atoms with Crippen molar-refractivity contribution in [1.82, 2.24) is 5.32 Å². The van der Waals surface area contributed by atoms with Gasteiger partial charge in [0.2, 0.25) is 0 Å². The summed E-state index contributed by atoms with van der Waals surface area (Å²) < 4.78 is 0. The van der Waals surface area contributed by atoms with Crippen LogP contribution in [0.5, 0.6) is 5.75 Å². The summed E-state index contributed by atoms with van der Waals surface area (Å²) in [7, 11) is 1.80. The number of aromatic hydroxyl groups is 1. The highest BCUT2D eigenvalue weighted by molar-refractivity contribution is 5.85. The maximum Gasteiger partial charge on any atom is 0.115 e. The van der Waals surface area contributed by atoms with Crippen LogP contribution in [0.2, 0.25) is 0 Å². The molecule has 0 heterocycles. The molecule has 0 bridgehead atoms. The molecule has 0 saturated heterocycles. The Morgan fingerprint density at radius 2 is 1.71 bits per heavy atom. The van der Waals surface area contributed by atoms with Gasteiger partial charge in [-0.2, -0.15) is 0 Å². The van der Waals surface area contributed by atoms with Crippen molar-refractivity contribution in [1.29, 1.82) is 0 Å². The van der Waals surface area contributed by atoms with Gasteiger partial charge in [0.15, 0.2) is 0 Å². The first-order valence-electron chi connectivity index (χ1n) is 4.29. The molecule has 0 aliphatic rings. The molecular weight excluding hydrogens is 202 g/mol. The molecule has 0 aliphatic heterocycles. The van der Waals surface area contributed by atoms with Gasteiger partial charge in [-0.15, -0.1) is 12.4 Å². The van der Waals surface area contributed by atoms with Crippen molar-refractivity contribution in [3.63, 3.8) is 0 Å². The zero-order valence-corrected chi connectivity index (χ0v) is 9.08. The van der Waals surface area contributed by atoms with Gasteiger partial charge in [-0.25, -0.2) is 0 Å². The van der Waals surface area contributed by atoms with Gasteiger partial charge >= 0.3 is 0 Å². The van der Waals surface area contributed by atoms with Gasteiger partial charge in [0.1, 0.15) is 5.75 Å². The fraction of sp³-hybridized carbons (Fsp3) is 0.400. The molecule has 80 valence electrons. The molecule has 1 aromatic carbocycles. The van der Waals surface area contributed by atoms with Gasteiger partial charge in [0.05, 0.1) is 6.10 Å². The summed E-state index contributed by atoms with van der Waals surface area (Å²) in [4.78, 5) is 0. The standard InChI is InChI=1S/C10H15NO2.ClH/c1-7(11-2)10(13)8-3-5-9(12)6-4-8;/h3-7,10-13H,1-2H3;1H. The number of phenols is 1. The highest BCUT2D eigenvalue weighted by atomic mass is 35.5. The lowest BCUT2D eigenvalue weighted by Gasteiger charge is -2.18. The van der Waals surface area contributed by atoms with Gasteiger partial charge in [-0.05, 0) is 31.7 Å². The smallest absolute Gasteiger partial charge is 0.115 e. The molecule has 0 fully saturated rings. The summed E-state index contributed by atoms with van der Waals surface area (Å²) in [6, 6.07) is 6.58. The predicted molar refractivity (Wildman–Crippen MR) is 58.8 cm³/mol. The van der Waals surface area contributed by atoms with Gasteiger partial charge < -0.3 is 15.5 Å². The number of nitrogens with one attached hydrogen (secondary N) is 1. The van der Waals surface area contributed by atoms with Crippen molar-refractivity contribution in [2.24, 2.45) is 0 Å². The minimum absolute atomic E-state index is 0. The summed E-state index contributed by atoms with van der Waals surface area (Å²) in [6.07, 6.45) is -0.536. The van der Waals surface area contributed by atoms with E-state index in [0.717, 1.165) is 5.56 Å². The number of likely N-dealkylation sites (N-methyl/N-ethyl adjacent to an activating group) is 1. The van der Waals surface area contributed by atoms with Crippen LogP contribution in [-0.4, -0.2) is 23.3 Å². The molecule has 3 N–H and O–H groups in total. The first-order valence-corrected chi connectivity index (χ1v) is 4.29. The maximum absolute atomic E-state index is 9.74.